The number of allylic oxidation sites excluding steroid dienone is 4. The SMILES string of the molecule is C/C=C\CCCC(=O)O[C@H](C)CCOCC(COP(=O)(O)OCCNC(=O)[C@H]1OC(C)(C)O[C@H]1C(=O)NCCOP(=O)(O)OC[C@@H](COCC[C@@H](C)OC(=O)CCC/C=C\C)NC(C)=O)NC(C)=O. The van der Waals surface area contributed by atoms with Gasteiger partial charge in [0, 0.05) is 52.6 Å². The van der Waals surface area contributed by atoms with Gasteiger partial charge in [-0.3, -0.25) is 46.9 Å². The molecule has 6 N–H and O–H groups in total. The Morgan fingerprint density at radius 2 is 1.00 bits per heavy atom. The van der Waals surface area contributed by atoms with E-state index in [9.17, 15) is 47.7 Å². The summed E-state index contributed by atoms with van der Waals surface area (Å²) < 4.78 is 78.3. The van der Waals surface area contributed by atoms with Crippen molar-refractivity contribution in [3.05, 3.63) is 24.3 Å². The highest BCUT2D eigenvalue weighted by molar-refractivity contribution is 7.47. The topological polar surface area (TPSA) is 317 Å². The summed E-state index contributed by atoms with van der Waals surface area (Å²) in [4.78, 5) is 94.0. The van der Waals surface area contributed by atoms with E-state index in [2.05, 4.69) is 21.3 Å². The number of carbonyl (C=O) groups excluding carboxylic acids is 6. The number of hydrogen-bond acceptors (Lipinski definition) is 18. The highest BCUT2D eigenvalue weighted by atomic mass is 31.2. The van der Waals surface area contributed by atoms with Crippen LogP contribution in [0, 0.1) is 0 Å². The van der Waals surface area contributed by atoms with Gasteiger partial charge in [0.1, 0.15) is 12.2 Å². The van der Waals surface area contributed by atoms with Crippen LogP contribution in [0.1, 0.15) is 107 Å². The molecule has 0 aromatic heterocycles. The van der Waals surface area contributed by atoms with E-state index in [1.165, 1.54) is 27.7 Å². The maximum Gasteiger partial charge on any atom is 0.472 e. The number of hydrogen-bond donors (Lipinski definition) is 6. The van der Waals surface area contributed by atoms with Gasteiger partial charge < -0.3 is 59.5 Å². The lowest BCUT2D eigenvalue weighted by Crippen LogP contribution is -2.48. The predicted molar refractivity (Wildman–Crippen MR) is 248 cm³/mol. The average molecular weight is 1030 g/mol. The van der Waals surface area contributed by atoms with E-state index in [4.69, 9.17) is 46.5 Å². The summed E-state index contributed by atoms with van der Waals surface area (Å²) >= 11 is 0. The molecular weight excluding hydrogens is 954 g/mol. The molecule has 1 saturated heterocycles. The van der Waals surface area contributed by atoms with Crippen molar-refractivity contribution in [1.82, 2.24) is 21.3 Å². The van der Waals surface area contributed by atoms with Crippen molar-refractivity contribution >= 4 is 51.2 Å². The molecule has 1 rings (SSSR count). The molecule has 1 aliphatic heterocycles. The lowest BCUT2D eigenvalue weighted by Gasteiger charge is -2.21. The first-order valence-corrected chi connectivity index (χ1v) is 25.9. The van der Waals surface area contributed by atoms with E-state index in [1.54, 1.807) is 13.8 Å². The Kier molecular flexibility index (Phi) is 31.8. The first-order chi connectivity index (χ1) is 32.5. The van der Waals surface area contributed by atoms with Crippen LogP contribution in [-0.2, 0) is 84.4 Å². The summed E-state index contributed by atoms with van der Waals surface area (Å²) in [6.45, 7) is 10.1. The highest BCUT2D eigenvalue weighted by Crippen LogP contribution is 2.43. The van der Waals surface area contributed by atoms with Gasteiger partial charge in [-0.15, -0.1) is 0 Å². The fourth-order valence-corrected chi connectivity index (χ4v) is 7.52. The number of amides is 4. The van der Waals surface area contributed by atoms with Crippen molar-refractivity contribution < 1.29 is 94.2 Å². The summed E-state index contributed by atoms with van der Waals surface area (Å²) in [6, 6.07) is -1.69. The summed E-state index contributed by atoms with van der Waals surface area (Å²) in [7, 11) is -9.41. The third-order valence-electron chi connectivity index (χ3n) is 9.23. The zero-order valence-electron chi connectivity index (χ0n) is 41.1. The van der Waals surface area contributed by atoms with Crippen molar-refractivity contribution in [2.24, 2.45) is 0 Å². The van der Waals surface area contributed by atoms with Crippen molar-refractivity contribution in [1.29, 1.82) is 0 Å². The second kappa shape index (κ2) is 34.6. The molecule has 26 heteroatoms. The number of phosphoric ester groups is 2. The fourth-order valence-electron chi connectivity index (χ4n) is 5.99. The lowest BCUT2D eigenvalue weighted by atomic mass is 10.2. The van der Waals surface area contributed by atoms with Crippen LogP contribution in [-0.4, -0.2) is 154 Å². The molecule has 24 nitrogen and oxygen atoms in total. The van der Waals surface area contributed by atoms with E-state index in [0.717, 1.165) is 12.8 Å². The summed E-state index contributed by atoms with van der Waals surface area (Å²) in [6.07, 6.45) is 8.16. The Morgan fingerprint density at radius 3 is 1.35 bits per heavy atom. The number of ether oxygens (including phenoxy) is 6. The first kappa shape index (κ1) is 63.4. The van der Waals surface area contributed by atoms with E-state index in [0.29, 0.717) is 38.5 Å². The van der Waals surface area contributed by atoms with Gasteiger partial charge >= 0.3 is 27.6 Å². The van der Waals surface area contributed by atoms with Crippen LogP contribution in [0.4, 0.5) is 0 Å². The number of phosphoric acid groups is 2. The normalized spacial score (nSPS) is 19.2. The molecular formula is C43H76N4O20P2. The highest BCUT2D eigenvalue weighted by Gasteiger charge is 2.49. The van der Waals surface area contributed by atoms with Gasteiger partial charge in [0.25, 0.3) is 11.8 Å². The van der Waals surface area contributed by atoms with Crippen LogP contribution in [0.5, 0.6) is 0 Å². The van der Waals surface area contributed by atoms with Crippen molar-refractivity contribution in [2.45, 2.75) is 149 Å². The van der Waals surface area contributed by atoms with E-state index in [1.807, 2.05) is 38.2 Å². The molecule has 4 amide bonds. The largest absolute Gasteiger partial charge is 0.472 e. The van der Waals surface area contributed by atoms with Crippen LogP contribution < -0.4 is 21.3 Å². The lowest BCUT2D eigenvalue weighted by molar-refractivity contribution is -0.159. The summed E-state index contributed by atoms with van der Waals surface area (Å²) in [5.41, 5.74) is 0. The number of unbranched alkanes of at least 4 members (excludes halogenated alkanes) is 2. The van der Waals surface area contributed by atoms with Crippen LogP contribution in [0.25, 0.3) is 0 Å². The zero-order valence-corrected chi connectivity index (χ0v) is 42.9. The van der Waals surface area contributed by atoms with Crippen LogP contribution in [0.2, 0.25) is 0 Å². The van der Waals surface area contributed by atoms with E-state index in [-0.39, 0.29) is 51.5 Å². The first-order valence-electron chi connectivity index (χ1n) is 22.9. The Bertz CT molecular complexity index is 1610. The predicted octanol–water partition coefficient (Wildman–Crippen LogP) is 3.19. The van der Waals surface area contributed by atoms with Crippen molar-refractivity contribution in [3.63, 3.8) is 0 Å². The molecule has 0 bridgehead atoms. The summed E-state index contributed by atoms with van der Waals surface area (Å²) in [5.74, 6) is -4.60. The van der Waals surface area contributed by atoms with Gasteiger partial charge in [-0.25, -0.2) is 9.13 Å². The van der Waals surface area contributed by atoms with Gasteiger partial charge in [0.15, 0.2) is 18.0 Å². The van der Waals surface area contributed by atoms with Crippen molar-refractivity contribution in [3.8, 4) is 0 Å². The quantitative estimate of drug-likeness (QED) is 0.0224. The Hall–Kier alpha value is -3.64. The molecule has 0 aliphatic carbocycles. The fraction of sp³-hybridized carbons (Fsp3) is 0.767. The second-order valence-corrected chi connectivity index (χ2v) is 19.2. The molecule has 1 aliphatic rings. The molecule has 3 unspecified atom stereocenters. The van der Waals surface area contributed by atoms with E-state index < -0.39 is 108 Å². The number of rotatable bonds is 38. The zero-order chi connectivity index (χ0) is 51.9. The molecule has 1 heterocycles. The molecule has 0 aromatic rings. The molecule has 69 heavy (non-hydrogen) atoms. The molecule has 398 valence electrons. The third-order valence-corrected chi connectivity index (χ3v) is 11.2. The third kappa shape index (κ3) is 32.1. The number of nitrogens with one attached hydrogen (secondary N) is 4. The minimum atomic E-state index is -4.70. The average Bonchev–Trinajstić information content (AvgIpc) is 3.60. The van der Waals surface area contributed by atoms with Gasteiger partial charge in [-0.1, -0.05) is 24.3 Å². The number of esters is 2. The van der Waals surface area contributed by atoms with Crippen LogP contribution >= 0.6 is 15.6 Å². The van der Waals surface area contributed by atoms with Crippen molar-refractivity contribution in [2.75, 3.05) is 65.9 Å². The Balaban J connectivity index is 2.51. The second-order valence-electron chi connectivity index (χ2n) is 16.3. The van der Waals surface area contributed by atoms with Gasteiger partial charge in [0.05, 0.1) is 64.9 Å². The molecule has 0 spiro atoms. The van der Waals surface area contributed by atoms with Crippen LogP contribution in [0.3, 0.4) is 0 Å². The minimum Gasteiger partial charge on any atom is -0.463 e. The Labute approximate surface area is 405 Å². The standard InChI is InChI=1S/C43H76N4O20P2/c1-9-11-13-15-17-37(50)64-31(3)19-23-58-27-35(46-33(5)48)29-62-68(54,55)60-25-21-44-41(52)39-40(67-43(7,8)66-39)42(53)45-22-26-61-69(56,57)63-30-36(47-34(6)49)28-59-24-20-32(4)65-38(51)18-16-14-12-10-2/h9-12,31-32,35-36,39-40H,13-30H2,1-8H3,(H,44,52)(H,45,53)(H,46,48)(H,47,49)(H,54,55)(H,56,57)/b11-9-,12-10-/t31-,32-,35-,36?,39-,40+/m1/s1. The van der Waals surface area contributed by atoms with Gasteiger partial charge in [-0.2, -0.15) is 0 Å². The molecule has 0 radical (unpaired) electrons. The summed E-state index contributed by atoms with van der Waals surface area (Å²) in [5, 5.41) is 9.95. The molecule has 1 fully saturated rings. The van der Waals surface area contributed by atoms with Gasteiger partial charge in [-0.05, 0) is 67.2 Å². The minimum absolute atomic E-state index is 0.0991. The Morgan fingerprint density at radius 1 is 0.623 bits per heavy atom. The molecule has 8 atom stereocenters. The maximum absolute atomic E-state index is 13.1. The number of carbonyl (C=O) groups is 6. The maximum atomic E-state index is 13.1. The van der Waals surface area contributed by atoms with Gasteiger partial charge in [0.2, 0.25) is 11.8 Å². The monoisotopic (exact) mass is 1030 g/mol. The van der Waals surface area contributed by atoms with E-state index >= 15 is 0 Å². The van der Waals surface area contributed by atoms with Crippen LogP contribution in [0.15, 0.2) is 24.3 Å². The smallest absolute Gasteiger partial charge is 0.463 e. The molecule has 0 saturated carbocycles. The molecule has 0 aromatic carbocycles.